The SMILES string of the molecule is CC(C)(C)c1cc(OCC(=O)O)nc(NCc2ccc(Br)cc2)n1. The molecule has 1 heterocycles. The van der Waals surface area contributed by atoms with Crippen LogP contribution in [0, 0.1) is 0 Å². The summed E-state index contributed by atoms with van der Waals surface area (Å²) in [6, 6.07) is 9.59. The molecule has 1 aromatic carbocycles. The zero-order valence-corrected chi connectivity index (χ0v) is 15.4. The van der Waals surface area contributed by atoms with Crippen molar-refractivity contribution < 1.29 is 14.6 Å². The number of nitrogens with one attached hydrogen (secondary N) is 1. The minimum absolute atomic E-state index is 0.210. The topological polar surface area (TPSA) is 84.3 Å². The number of aromatic nitrogens is 2. The number of rotatable bonds is 6. The van der Waals surface area contributed by atoms with Crippen molar-refractivity contribution in [2.75, 3.05) is 11.9 Å². The summed E-state index contributed by atoms with van der Waals surface area (Å²) in [4.78, 5) is 19.4. The van der Waals surface area contributed by atoms with Gasteiger partial charge in [0, 0.05) is 22.5 Å². The Morgan fingerprint density at radius 3 is 2.50 bits per heavy atom. The zero-order valence-electron chi connectivity index (χ0n) is 13.8. The van der Waals surface area contributed by atoms with Crippen LogP contribution >= 0.6 is 15.9 Å². The van der Waals surface area contributed by atoms with Crippen LogP contribution in [0.3, 0.4) is 0 Å². The van der Waals surface area contributed by atoms with Crippen LogP contribution in [0.4, 0.5) is 5.95 Å². The molecule has 0 saturated carbocycles. The summed E-state index contributed by atoms with van der Waals surface area (Å²) in [6.45, 7) is 6.18. The van der Waals surface area contributed by atoms with Gasteiger partial charge in [-0.1, -0.05) is 48.8 Å². The molecule has 6 nitrogen and oxygen atoms in total. The van der Waals surface area contributed by atoms with Gasteiger partial charge in [-0.15, -0.1) is 0 Å². The maximum atomic E-state index is 10.7. The molecule has 0 saturated heterocycles. The summed E-state index contributed by atoms with van der Waals surface area (Å²) in [7, 11) is 0. The number of ether oxygens (including phenoxy) is 1. The van der Waals surface area contributed by atoms with Crippen LogP contribution in [0.2, 0.25) is 0 Å². The van der Waals surface area contributed by atoms with E-state index in [0.717, 1.165) is 15.7 Å². The van der Waals surface area contributed by atoms with Gasteiger partial charge in [0.25, 0.3) is 0 Å². The standard InChI is InChI=1S/C17H20BrN3O3/c1-17(2,3)13-8-14(24-10-15(22)23)21-16(20-13)19-9-11-4-6-12(18)7-5-11/h4-8H,9-10H2,1-3H3,(H,22,23)(H,19,20,21). The number of aliphatic carboxylic acids is 1. The van der Waals surface area contributed by atoms with Crippen molar-refractivity contribution in [1.82, 2.24) is 9.97 Å². The fourth-order valence-corrected chi connectivity index (χ4v) is 2.15. The molecule has 0 aliphatic carbocycles. The van der Waals surface area contributed by atoms with Gasteiger partial charge in [0.15, 0.2) is 6.61 Å². The van der Waals surface area contributed by atoms with Gasteiger partial charge < -0.3 is 15.2 Å². The average molecular weight is 394 g/mol. The fraction of sp³-hybridized carbons (Fsp3) is 0.353. The van der Waals surface area contributed by atoms with E-state index in [-0.39, 0.29) is 11.3 Å². The molecule has 2 rings (SSSR count). The average Bonchev–Trinajstić information content (AvgIpc) is 2.51. The summed E-state index contributed by atoms with van der Waals surface area (Å²) in [5.41, 5.74) is 1.64. The van der Waals surface area contributed by atoms with Crippen LogP contribution in [-0.4, -0.2) is 27.7 Å². The summed E-state index contributed by atoms with van der Waals surface area (Å²) in [5.74, 6) is -0.392. The van der Waals surface area contributed by atoms with Crippen LogP contribution in [0.5, 0.6) is 5.88 Å². The highest BCUT2D eigenvalue weighted by atomic mass is 79.9. The molecule has 2 N–H and O–H groups in total. The number of benzene rings is 1. The molecule has 0 aliphatic rings. The van der Waals surface area contributed by atoms with Gasteiger partial charge in [-0.2, -0.15) is 4.98 Å². The van der Waals surface area contributed by atoms with Crippen LogP contribution < -0.4 is 10.1 Å². The lowest BCUT2D eigenvalue weighted by molar-refractivity contribution is -0.139. The van der Waals surface area contributed by atoms with E-state index in [4.69, 9.17) is 9.84 Å². The Balaban J connectivity index is 2.18. The molecule has 1 aromatic heterocycles. The summed E-state index contributed by atoms with van der Waals surface area (Å²) < 4.78 is 6.23. The third-order valence-corrected chi connectivity index (χ3v) is 3.71. The highest BCUT2D eigenvalue weighted by Crippen LogP contribution is 2.24. The maximum Gasteiger partial charge on any atom is 0.341 e. The molecule has 7 heteroatoms. The predicted molar refractivity (Wildman–Crippen MR) is 95.3 cm³/mol. The molecule has 128 valence electrons. The van der Waals surface area contributed by atoms with Crippen molar-refractivity contribution in [1.29, 1.82) is 0 Å². The van der Waals surface area contributed by atoms with Gasteiger partial charge in [0.05, 0.1) is 5.69 Å². The number of carboxylic acids is 1. The third-order valence-electron chi connectivity index (χ3n) is 3.18. The lowest BCUT2D eigenvalue weighted by Gasteiger charge is -2.19. The highest BCUT2D eigenvalue weighted by Gasteiger charge is 2.19. The van der Waals surface area contributed by atoms with Gasteiger partial charge in [0.1, 0.15) is 0 Å². The summed E-state index contributed by atoms with van der Waals surface area (Å²) in [5, 5.41) is 11.9. The number of halogens is 1. The van der Waals surface area contributed by atoms with E-state index >= 15 is 0 Å². The Morgan fingerprint density at radius 2 is 1.92 bits per heavy atom. The van der Waals surface area contributed by atoms with Crippen LogP contribution in [-0.2, 0) is 16.8 Å². The van der Waals surface area contributed by atoms with Crippen molar-refractivity contribution in [2.24, 2.45) is 0 Å². The normalized spacial score (nSPS) is 11.2. The molecule has 0 unspecified atom stereocenters. The smallest absolute Gasteiger partial charge is 0.341 e. The van der Waals surface area contributed by atoms with E-state index < -0.39 is 12.6 Å². The Labute approximate surface area is 149 Å². The Bertz CT molecular complexity index is 712. The van der Waals surface area contributed by atoms with Gasteiger partial charge in [0.2, 0.25) is 11.8 Å². The number of hydrogen-bond donors (Lipinski definition) is 2. The van der Waals surface area contributed by atoms with Crippen molar-refractivity contribution in [3.8, 4) is 5.88 Å². The second-order valence-electron chi connectivity index (χ2n) is 6.33. The molecule has 0 fully saturated rings. The fourth-order valence-electron chi connectivity index (χ4n) is 1.88. The molecular formula is C17H20BrN3O3. The first-order valence-corrected chi connectivity index (χ1v) is 8.26. The van der Waals surface area contributed by atoms with E-state index in [1.165, 1.54) is 0 Å². The first-order valence-electron chi connectivity index (χ1n) is 7.46. The lowest BCUT2D eigenvalue weighted by Crippen LogP contribution is -2.17. The van der Waals surface area contributed by atoms with Crippen LogP contribution in [0.15, 0.2) is 34.8 Å². The van der Waals surface area contributed by atoms with E-state index in [0.29, 0.717) is 12.5 Å². The van der Waals surface area contributed by atoms with Gasteiger partial charge in [-0.3, -0.25) is 0 Å². The number of hydrogen-bond acceptors (Lipinski definition) is 5. The van der Waals surface area contributed by atoms with E-state index in [1.807, 2.05) is 45.0 Å². The van der Waals surface area contributed by atoms with E-state index in [9.17, 15) is 4.79 Å². The van der Waals surface area contributed by atoms with Crippen LogP contribution in [0.1, 0.15) is 32.0 Å². The number of anilines is 1. The van der Waals surface area contributed by atoms with Crippen molar-refractivity contribution >= 4 is 27.8 Å². The minimum Gasteiger partial charge on any atom is -0.479 e. The largest absolute Gasteiger partial charge is 0.479 e. The number of carboxylic acid groups (broad SMARTS) is 1. The quantitative estimate of drug-likeness (QED) is 0.779. The van der Waals surface area contributed by atoms with Crippen molar-refractivity contribution in [3.05, 3.63) is 46.1 Å². The maximum absolute atomic E-state index is 10.7. The number of carbonyl (C=O) groups is 1. The van der Waals surface area contributed by atoms with Gasteiger partial charge >= 0.3 is 5.97 Å². The molecule has 2 aromatic rings. The molecule has 0 atom stereocenters. The van der Waals surface area contributed by atoms with Crippen molar-refractivity contribution in [3.63, 3.8) is 0 Å². The minimum atomic E-state index is -1.05. The first-order chi connectivity index (χ1) is 11.2. The molecule has 0 aliphatic heterocycles. The van der Waals surface area contributed by atoms with Crippen LogP contribution in [0.25, 0.3) is 0 Å². The first kappa shape index (κ1) is 18.2. The Morgan fingerprint density at radius 1 is 1.25 bits per heavy atom. The summed E-state index contributed by atoms with van der Waals surface area (Å²) >= 11 is 3.40. The molecule has 0 radical (unpaired) electrons. The van der Waals surface area contributed by atoms with Crippen molar-refractivity contribution in [2.45, 2.75) is 32.7 Å². The molecule has 24 heavy (non-hydrogen) atoms. The van der Waals surface area contributed by atoms with Gasteiger partial charge in [-0.05, 0) is 17.7 Å². The van der Waals surface area contributed by atoms with Gasteiger partial charge in [-0.25, -0.2) is 9.78 Å². The second kappa shape index (κ2) is 7.61. The van der Waals surface area contributed by atoms with E-state index in [2.05, 4.69) is 31.2 Å². The van der Waals surface area contributed by atoms with E-state index in [1.54, 1.807) is 6.07 Å². The number of nitrogens with zero attached hydrogens (tertiary/aromatic N) is 2. The molecule has 0 amide bonds. The highest BCUT2D eigenvalue weighted by molar-refractivity contribution is 9.10. The molecular weight excluding hydrogens is 374 g/mol. The molecule has 0 bridgehead atoms. The Kier molecular flexibility index (Phi) is 5.77. The molecule has 0 spiro atoms. The lowest BCUT2D eigenvalue weighted by atomic mass is 9.92. The Hall–Kier alpha value is -2.15. The summed E-state index contributed by atoms with van der Waals surface area (Å²) in [6.07, 6.45) is 0. The third kappa shape index (κ3) is 5.49. The second-order valence-corrected chi connectivity index (χ2v) is 7.24. The monoisotopic (exact) mass is 393 g/mol. The predicted octanol–water partition coefficient (Wildman–Crippen LogP) is 3.61. The zero-order chi connectivity index (χ0) is 17.7.